The topological polar surface area (TPSA) is 85.5 Å². The van der Waals surface area contributed by atoms with Gasteiger partial charge in [-0.3, -0.25) is 4.79 Å². The Labute approximate surface area is 190 Å². The molecule has 0 spiro atoms. The number of rotatable bonds is 7. The number of thiazole rings is 1. The van der Waals surface area contributed by atoms with Crippen molar-refractivity contribution in [1.82, 2.24) is 9.97 Å². The molecular formula is C23H19F3N2O4S. The van der Waals surface area contributed by atoms with Crippen molar-refractivity contribution >= 4 is 28.4 Å². The zero-order valence-electron chi connectivity index (χ0n) is 17.7. The number of nitrogens with zero attached hydrogens (tertiary/aromatic N) is 2. The molecule has 0 aliphatic carbocycles. The Morgan fingerprint density at radius 3 is 2.55 bits per heavy atom. The van der Waals surface area contributed by atoms with Crippen molar-refractivity contribution in [3.63, 3.8) is 0 Å². The molecule has 2 heterocycles. The minimum absolute atomic E-state index is 0.0684. The minimum Gasteiger partial charge on any atom is -0.488 e. The van der Waals surface area contributed by atoms with Crippen LogP contribution >= 0.6 is 11.3 Å². The SMILES string of the molecule is Cc1cc2nc(CCC(=O)O)oc2cc1OCc1sc(-c2ccc(C(F)(F)F)cc2)nc1C. The lowest BCUT2D eigenvalue weighted by molar-refractivity contribution is -0.138. The van der Waals surface area contributed by atoms with Crippen LogP contribution in [0.25, 0.3) is 21.7 Å². The van der Waals surface area contributed by atoms with Gasteiger partial charge in [-0.2, -0.15) is 13.2 Å². The molecule has 2 aromatic carbocycles. The molecule has 0 fully saturated rings. The van der Waals surface area contributed by atoms with Crippen molar-refractivity contribution in [2.75, 3.05) is 0 Å². The molecule has 33 heavy (non-hydrogen) atoms. The van der Waals surface area contributed by atoms with E-state index in [9.17, 15) is 18.0 Å². The number of fused-ring (bicyclic) bond motifs is 1. The van der Waals surface area contributed by atoms with E-state index in [1.54, 1.807) is 6.07 Å². The smallest absolute Gasteiger partial charge is 0.416 e. The van der Waals surface area contributed by atoms with Crippen molar-refractivity contribution in [3.05, 3.63) is 64.0 Å². The van der Waals surface area contributed by atoms with Crippen molar-refractivity contribution in [2.24, 2.45) is 0 Å². The molecule has 0 unspecified atom stereocenters. The Balaban J connectivity index is 1.49. The number of hydrogen-bond donors (Lipinski definition) is 1. The summed E-state index contributed by atoms with van der Waals surface area (Å²) in [5, 5.41) is 9.43. The van der Waals surface area contributed by atoms with Crippen LogP contribution in [0, 0.1) is 13.8 Å². The van der Waals surface area contributed by atoms with E-state index in [-0.39, 0.29) is 19.4 Å². The summed E-state index contributed by atoms with van der Waals surface area (Å²) in [6.45, 7) is 3.92. The quantitative estimate of drug-likeness (QED) is 0.343. The first-order valence-corrected chi connectivity index (χ1v) is 10.8. The van der Waals surface area contributed by atoms with Crippen LogP contribution in [0.1, 0.15) is 34.0 Å². The maximum atomic E-state index is 12.8. The third-order valence-corrected chi connectivity index (χ3v) is 6.17. The molecular weight excluding hydrogens is 457 g/mol. The Kier molecular flexibility index (Phi) is 6.11. The zero-order chi connectivity index (χ0) is 23.8. The van der Waals surface area contributed by atoms with Gasteiger partial charge in [-0.15, -0.1) is 11.3 Å². The van der Waals surface area contributed by atoms with E-state index in [1.807, 2.05) is 19.9 Å². The summed E-state index contributed by atoms with van der Waals surface area (Å²) in [5.41, 5.74) is 2.61. The molecule has 4 rings (SSSR count). The monoisotopic (exact) mass is 476 g/mol. The fourth-order valence-electron chi connectivity index (χ4n) is 3.21. The molecule has 0 saturated heterocycles. The maximum Gasteiger partial charge on any atom is 0.416 e. The fourth-order valence-corrected chi connectivity index (χ4v) is 4.20. The molecule has 172 valence electrons. The van der Waals surface area contributed by atoms with Gasteiger partial charge in [0, 0.05) is 18.1 Å². The molecule has 0 atom stereocenters. The van der Waals surface area contributed by atoms with E-state index in [1.165, 1.54) is 23.5 Å². The summed E-state index contributed by atoms with van der Waals surface area (Å²) >= 11 is 1.36. The van der Waals surface area contributed by atoms with Gasteiger partial charge in [-0.25, -0.2) is 9.97 Å². The third-order valence-electron chi connectivity index (χ3n) is 4.99. The summed E-state index contributed by atoms with van der Waals surface area (Å²) < 4.78 is 50.0. The molecule has 0 aliphatic rings. The molecule has 10 heteroatoms. The average Bonchev–Trinajstić information content (AvgIpc) is 3.32. The lowest BCUT2D eigenvalue weighted by atomic mass is 10.1. The number of aromatic nitrogens is 2. The molecule has 0 amide bonds. The van der Waals surface area contributed by atoms with E-state index in [2.05, 4.69) is 9.97 Å². The first kappa shape index (κ1) is 22.8. The second-order valence-electron chi connectivity index (χ2n) is 7.48. The number of aliphatic carboxylic acids is 1. The molecule has 0 saturated carbocycles. The standard InChI is InChI=1S/C23H19F3N2O4S/c1-12-9-16-18(32-20(28-16)7-8-21(29)30)10-17(12)31-11-19-13(2)27-22(33-19)14-3-5-15(6-4-14)23(24,25)26/h3-6,9-10H,7-8,11H2,1-2H3,(H,29,30). The molecule has 0 radical (unpaired) electrons. The second kappa shape index (κ2) is 8.86. The van der Waals surface area contributed by atoms with Gasteiger partial charge in [0.1, 0.15) is 22.9 Å². The number of alkyl halides is 3. The lowest BCUT2D eigenvalue weighted by Gasteiger charge is -2.08. The van der Waals surface area contributed by atoms with E-state index >= 15 is 0 Å². The van der Waals surface area contributed by atoms with Crippen molar-refractivity contribution in [1.29, 1.82) is 0 Å². The fraction of sp³-hybridized carbons (Fsp3) is 0.261. The summed E-state index contributed by atoms with van der Waals surface area (Å²) in [5.74, 6) is 0.0174. The molecule has 0 bridgehead atoms. The van der Waals surface area contributed by atoms with Crippen molar-refractivity contribution in [3.8, 4) is 16.3 Å². The van der Waals surface area contributed by atoms with Crippen molar-refractivity contribution in [2.45, 2.75) is 39.5 Å². The highest BCUT2D eigenvalue weighted by atomic mass is 32.1. The van der Waals surface area contributed by atoms with Gasteiger partial charge in [0.25, 0.3) is 0 Å². The first-order valence-electron chi connectivity index (χ1n) is 9.99. The Morgan fingerprint density at radius 2 is 1.88 bits per heavy atom. The summed E-state index contributed by atoms with van der Waals surface area (Å²) in [7, 11) is 0. The Morgan fingerprint density at radius 1 is 1.15 bits per heavy atom. The number of ether oxygens (including phenoxy) is 1. The number of benzene rings is 2. The van der Waals surface area contributed by atoms with Crippen LogP contribution in [0.4, 0.5) is 13.2 Å². The number of hydrogen-bond acceptors (Lipinski definition) is 6. The van der Waals surface area contributed by atoms with Gasteiger partial charge in [-0.05, 0) is 37.6 Å². The van der Waals surface area contributed by atoms with E-state index in [4.69, 9.17) is 14.3 Å². The van der Waals surface area contributed by atoms with Gasteiger partial charge in [-0.1, -0.05) is 12.1 Å². The van der Waals surface area contributed by atoms with Crippen molar-refractivity contribution < 1.29 is 32.2 Å². The number of carbonyl (C=O) groups is 1. The molecule has 2 aromatic heterocycles. The third kappa shape index (κ3) is 5.16. The second-order valence-corrected chi connectivity index (χ2v) is 8.56. The Bertz CT molecular complexity index is 1310. The van der Waals surface area contributed by atoms with E-state index in [0.717, 1.165) is 28.3 Å². The van der Waals surface area contributed by atoms with Crippen LogP contribution < -0.4 is 4.74 Å². The number of carboxylic acids is 1. The van der Waals surface area contributed by atoms with Crippen LogP contribution in [-0.2, 0) is 24.0 Å². The molecule has 0 aliphatic heterocycles. The van der Waals surface area contributed by atoms with E-state index in [0.29, 0.717) is 33.3 Å². The van der Waals surface area contributed by atoms with Crippen LogP contribution in [0.3, 0.4) is 0 Å². The Hall–Kier alpha value is -3.40. The summed E-state index contributed by atoms with van der Waals surface area (Å²) in [4.78, 5) is 20.4. The predicted octanol–water partition coefficient (Wildman–Crippen LogP) is 6.18. The first-order chi connectivity index (χ1) is 15.6. The number of halogens is 3. The molecule has 4 aromatic rings. The highest BCUT2D eigenvalue weighted by Crippen LogP contribution is 2.34. The van der Waals surface area contributed by atoms with Crippen LogP contribution in [0.5, 0.6) is 5.75 Å². The number of aryl methyl sites for hydroxylation is 3. The van der Waals surface area contributed by atoms with Crippen LogP contribution in [0.2, 0.25) is 0 Å². The number of carboxylic acid groups (broad SMARTS) is 1. The summed E-state index contributed by atoms with van der Waals surface area (Å²) in [6, 6.07) is 8.44. The average molecular weight is 476 g/mol. The minimum atomic E-state index is -4.38. The van der Waals surface area contributed by atoms with Gasteiger partial charge in [0.2, 0.25) is 0 Å². The van der Waals surface area contributed by atoms with Crippen LogP contribution in [-0.4, -0.2) is 21.0 Å². The van der Waals surface area contributed by atoms with Gasteiger partial charge >= 0.3 is 12.1 Å². The molecule has 1 N–H and O–H groups in total. The highest BCUT2D eigenvalue weighted by molar-refractivity contribution is 7.15. The largest absolute Gasteiger partial charge is 0.488 e. The maximum absolute atomic E-state index is 12.8. The predicted molar refractivity (Wildman–Crippen MR) is 116 cm³/mol. The zero-order valence-corrected chi connectivity index (χ0v) is 18.5. The van der Waals surface area contributed by atoms with Gasteiger partial charge in [0.15, 0.2) is 11.5 Å². The normalized spacial score (nSPS) is 11.8. The summed E-state index contributed by atoms with van der Waals surface area (Å²) in [6.07, 6.45) is -4.25. The number of oxazole rings is 1. The van der Waals surface area contributed by atoms with Gasteiger partial charge in [0.05, 0.1) is 22.6 Å². The molecule has 6 nitrogen and oxygen atoms in total. The van der Waals surface area contributed by atoms with Gasteiger partial charge < -0.3 is 14.3 Å². The highest BCUT2D eigenvalue weighted by Gasteiger charge is 2.30. The van der Waals surface area contributed by atoms with E-state index < -0.39 is 17.7 Å². The van der Waals surface area contributed by atoms with Crippen LogP contribution in [0.15, 0.2) is 40.8 Å². The lowest BCUT2D eigenvalue weighted by Crippen LogP contribution is -2.03.